The molecule has 0 spiro atoms. The second kappa shape index (κ2) is 8.32. The lowest BCUT2D eigenvalue weighted by Crippen LogP contribution is -2.43. The number of hydrogen-bond acceptors (Lipinski definition) is 4. The third kappa shape index (κ3) is 3.80. The zero-order valence-electron chi connectivity index (χ0n) is 14.5. The highest BCUT2D eigenvalue weighted by atomic mass is 16.5. The molecule has 24 heavy (non-hydrogen) atoms. The van der Waals surface area contributed by atoms with E-state index in [1.807, 2.05) is 0 Å². The van der Waals surface area contributed by atoms with Crippen molar-refractivity contribution in [3.8, 4) is 12.3 Å². The van der Waals surface area contributed by atoms with Crippen LogP contribution in [0.15, 0.2) is 24.3 Å². The first-order valence-corrected chi connectivity index (χ1v) is 8.61. The number of carbonyl (C=O) groups excluding carboxylic acids is 1. The van der Waals surface area contributed by atoms with E-state index in [0.717, 1.165) is 31.4 Å². The van der Waals surface area contributed by atoms with Gasteiger partial charge in [-0.1, -0.05) is 35.7 Å². The highest BCUT2D eigenvalue weighted by Gasteiger charge is 2.50. The number of rotatable bonds is 3. The van der Waals surface area contributed by atoms with Gasteiger partial charge in [-0.2, -0.15) is 0 Å². The van der Waals surface area contributed by atoms with Crippen LogP contribution >= 0.6 is 0 Å². The molecule has 1 saturated heterocycles. The van der Waals surface area contributed by atoms with Gasteiger partial charge in [-0.15, -0.1) is 6.42 Å². The number of carbonyl (C=O) groups is 1. The molecule has 1 saturated carbocycles. The molecule has 1 aromatic rings. The monoisotopic (exact) mass is 329 g/mol. The second-order valence-corrected chi connectivity index (χ2v) is 6.56. The van der Waals surface area contributed by atoms with Gasteiger partial charge in [-0.05, 0) is 44.6 Å². The minimum absolute atomic E-state index is 0.127. The molecular formula is C20H27NO3. The van der Waals surface area contributed by atoms with Crippen LogP contribution in [0.25, 0.3) is 0 Å². The summed E-state index contributed by atoms with van der Waals surface area (Å²) in [6.45, 7) is 5.56. The van der Waals surface area contributed by atoms with Gasteiger partial charge in [0.2, 0.25) is 0 Å². The summed E-state index contributed by atoms with van der Waals surface area (Å²) in [6.07, 6.45) is 8.61. The van der Waals surface area contributed by atoms with E-state index >= 15 is 0 Å². The van der Waals surface area contributed by atoms with Crippen molar-refractivity contribution in [2.24, 2.45) is 11.8 Å². The summed E-state index contributed by atoms with van der Waals surface area (Å²) in [4.78, 5) is 9.18. The van der Waals surface area contributed by atoms with E-state index in [0.29, 0.717) is 19.0 Å². The van der Waals surface area contributed by atoms with Crippen LogP contribution in [0.1, 0.15) is 37.3 Å². The van der Waals surface area contributed by atoms with Gasteiger partial charge in [-0.3, -0.25) is 4.79 Å². The molecule has 4 atom stereocenters. The van der Waals surface area contributed by atoms with Crippen molar-refractivity contribution in [2.45, 2.75) is 44.8 Å². The van der Waals surface area contributed by atoms with E-state index < -0.39 is 5.60 Å². The maximum absolute atomic E-state index is 11.2. The number of aliphatic hydroxyl groups is 1. The average Bonchev–Trinajstić information content (AvgIpc) is 3.01. The molecule has 1 aliphatic carbocycles. The first-order chi connectivity index (χ1) is 11.6. The second-order valence-electron chi connectivity index (χ2n) is 6.56. The Labute approximate surface area is 144 Å². The molecule has 0 aromatic heterocycles. The van der Waals surface area contributed by atoms with Gasteiger partial charge in [0.1, 0.15) is 0 Å². The third-order valence-corrected chi connectivity index (χ3v) is 5.18. The molecule has 130 valence electrons. The van der Waals surface area contributed by atoms with E-state index in [1.165, 1.54) is 5.56 Å². The van der Waals surface area contributed by atoms with E-state index in [9.17, 15) is 9.90 Å². The molecule has 2 N–H and O–H groups in total. The number of hydrogen-bond donors (Lipinski definition) is 2. The Kier molecular flexibility index (Phi) is 6.42. The van der Waals surface area contributed by atoms with Crippen molar-refractivity contribution in [1.82, 2.24) is 5.32 Å². The Hall–Kier alpha value is -1.83. The smallest absolute Gasteiger partial charge is 0.293 e. The summed E-state index contributed by atoms with van der Waals surface area (Å²) in [7, 11) is 0. The van der Waals surface area contributed by atoms with Crippen molar-refractivity contribution < 1.29 is 14.6 Å². The number of benzene rings is 1. The van der Waals surface area contributed by atoms with Crippen LogP contribution in [0, 0.1) is 31.1 Å². The molecule has 4 heteroatoms. The minimum Gasteiger partial charge on any atom is -0.468 e. The lowest BCUT2D eigenvalue weighted by Gasteiger charge is -2.42. The standard InChI is InChI=1S/C17H21NO.C3H6O2/c1-3-16-14-5-4-10-17(19,15(14)11-18-16)13-8-6-12(2)7-9-13;1-2-5-3-4/h1,6-9,14-16,18-19H,4-5,10-11H2,2H3;3H,2H2,1H3. The lowest BCUT2D eigenvalue weighted by atomic mass is 9.66. The van der Waals surface area contributed by atoms with Crippen LogP contribution < -0.4 is 5.32 Å². The van der Waals surface area contributed by atoms with Gasteiger partial charge < -0.3 is 15.2 Å². The predicted octanol–water partition coefficient (Wildman–Crippen LogP) is 2.38. The van der Waals surface area contributed by atoms with Crippen molar-refractivity contribution in [2.75, 3.05) is 13.2 Å². The Morgan fingerprint density at radius 3 is 2.71 bits per heavy atom. The Morgan fingerprint density at radius 1 is 1.46 bits per heavy atom. The summed E-state index contributed by atoms with van der Waals surface area (Å²) >= 11 is 0. The van der Waals surface area contributed by atoms with Crippen LogP contribution in [0.3, 0.4) is 0 Å². The summed E-state index contributed by atoms with van der Waals surface area (Å²) in [5.41, 5.74) is 1.56. The summed E-state index contributed by atoms with van der Waals surface area (Å²) in [6, 6.07) is 8.43. The van der Waals surface area contributed by atoms with Crippen LogP contribution in [-0.4, -0.2) is 30.8 Å². The first-order valence-electron chi connectivity index (χ1n) is 8.61. The molecule has 4 unspecified atom stereocenters. The molecule has 0 amide bonds. The lowest BCUT2D eigenvalue weighted by molar-refractivity contribution is -0.128. The van der Waals surface area contributed by atoms with Gasteiger partial charge in [0, 0.05) is 12.5 Å². The van der Waals surface area contributed by atoms with E-state index in [1.54, 1.807) is 6.92 Å². The van der Waals surface area contributed by atoms with Crippen LogP contribution in [-0.2, 0) is 15.1 Å². The van der Waals surface area contributed by atoms with Gasteiger partial charge in [0.15, 0.2) is 0 Å². The van der Waals surface area contributed by atoms with E-state index in [2.05, 4.69) is 47.2 Å². The van der Waals surface area contributed by atoms with Crippen molar-refractivity contribution in [3.05, 3.63) is 35.4 Å². The quantitative estimate of drug-likeness (QED) is 0.660. The Balaban J connectivity index is 0.000000368. The zero-order valence-corrected chi connectivity index (χ0v) is 14.5. The summed E-state index contributed by atoms with van der Waals surface area (Å²) < 4.78 is 4.15. The molecule has 1 aliphatic heterocycles. The molecule has 4 nitrogen and oxygen atoms in total. The van der Waals surface area contributed by atoms with Gasteiger partial charge in [0.05, 0.1) is 18.2 Å². The number of fused-ring (bicyclic) bond motifs is 1. The SMILES string of the molecule is C#CC1NCC2C1CCCC2(O)c1ccc(C)cc1.CCOC=O. The van der Waals surface area contributed by atoms with Gasteiger partial charge in [0.25, 0.3) is 6.47 Å². The third-order valence-electron chi connectivity index (χ3n) is 5.18. The number of aryl methyl sites for hydroxylation is 1. The maximum atomic E-state index is 11.2. The van der Waals surface area contributed by atoms with Crippen LogP contribution in [0.4, 0.5) is 0 Å². The largest absolute Gasteiger partial charge is 0.468 e. The molecule has 0 bridgehead atoms. The number of nitrogens with one attached hydrogen (secondary N) is 1. The summed E-state index contributed by atoms with van der Waals surface area (Å²) in [5, 5.41) is 14.6. The van der Waals surface area contributed by atoms with E-state index in [-0.39, 0.29) is 12.0 Å². The van der Waals surface area contributed by atoms with Crippen molar-refractivity contribution in [3.63, 3.8) is 0 Å². The predicted molar refractivity (Wildman–Crippen MR) is 94.2 cm³/mol. The highest BCUT2D eigenvalue weighted by molar-refractivity contribution is 5.36. The summed E-state index contributed by atoms with van der Waals surface area (Å²) in [5.74, 6) is 3.49. The first kappa shape index (κ1) is 18.5. The highest BCUT2D eigenvalue weighted by Crippen LogP contribution is 2.47. The van der Waals surface area contributed by atoms with Crippen molar-refractivity contribution >= 4 is 6.47 Å². The molecular weight excluding hydrogens is 302 g/mol. The fraction of sp³-hybridized carbons (Fsp3) is 0.550. The molecule has 2 fully saturated rings. The Bertz CT molecular complexity index is 578. The number of terminal acetylenes is 1. The molecule has 2 aliphatic rings. The maximum Gasteiger partial charge on any atom is 0.293 e. The van der Waals surface area contributed by atoms with E-state index in [4.69, 9.17) is 6.42 Å². The fourth-order valence-corrected chi connectivity index (χ4v) is 3.92. The molecule has 1 aromatic carbocycles. The van der Waals surface area contributed by atoms with Gasteiger partial charge >= 0.3 is 0 Å². The average molecular weight is 329 g/mol. The Morgan fingerprint density at radius 2 is 2.17 bits per heavy atom. The topological polar surface area (TPSA) is 58.6 Å². The molecule has 1 heterocycles. The van der Waals surface area contributed by atoms with Crippen LogP contribution in [0.2, 0.25) is 0 Å². The minimum atomic E-state index is -0.713. The van der Waals surface area contributed by atoms with Crippen LogP contribution in [0.5, 0.6) is 0 Å². The van der Waals surface area contributed by atoms with Gasteiger partial charge in [-0.25, -0.2) is 0 Å². The molecule has 0 radical (unpaired) electrons. The van der Waals surface area contributed by atoms with Crippen molar-refractivity contribution in [1.29, 1.82) is 0 Å². The fourth-order valence-electron chi connectivity index (χ4n) is 3.92. The molecule has 3 rings (SSSR count). The zero-order chi connectivity index (χ0) is 17.6. The normalized spacial score (nSPS) is 31.2. The number of ether oxygens (including phenoxy) is 1.